The van der Waals surface area contributed by atoms with E-state index >= 15 is 0 Å². The molecule has 2 nitrogen and oxygen atoms in total. The zero-order valence-corrected chi connectivity index (χ0v) is 6.41. The summed E-state index contributed by atoms with van der Waals surface area (Å²) in [6, 6.07) is 0. The molecule has 0 bridgehead atoms. The molecule has 0 spiro atoms. The fourth-order valence-corrected chi connectivity index (χ4v) is 1.89. The van der Waals surface area contributed by atoms with Crippen molar-refractivity contribution in [1.82, 2.24) is 4.90 Å². The Kier molecular flexibility index (Phi) is 2.54. The van der Waals surface area contributed by atoms with Gasteiger partial charge in [0.2, 0.25) is 0 Å². The van der Waals surface area contributed by atoms with Crippen LogP contribution in [-0.4, -0.2) is 35.4 Å². The third-order valence-electron chi connectivity index (χ3n) is 1.27. The molecule has 1 rings (SSSR count). The van der Waals surface area contributed by atoms with E-state index in [1.54, 1.807) is 6.92 Å². The van der Waals surface area contributed by atoms with E-state index in [4.69, 9.17) is 0 Å². The van der Waals surface area contributed by atoms with E-state index in [0.717, 1.165) is 12.4 Å². The number of nitrogens with zero attached hydrogens (tertiary/aromatic N) is 1. The molecule has 0 atom stereocenters. The minimum atomic E-state index is 0.275. The molecule has 1 fully saturated rings. The molecule has 1 saturated heterocycles. The highest BCUT2D eigenvalue weighted by atomic mass is 32.2. The van der Waals surface area contributed by atoms with Gasteiger partial charge in [0.1, 0.15) is 5.78 Å². The summed E-state index contributed by atoms with van der Waals surface area (Å²) in [6.07, 6.45) is 0. The normalized spacial score (nSPS) is 20.6. The van der Waals surface area contributed by atoms with Gasteiger partial charge >= 0.3 is 0 Å². The van der Waals surface area contributed by atoms with Crippen molar-refractivity contribution in [3.63, 3.8) is 0 Å². The molecule has 1 aliphatic heterocycles. The fraction of sp³-hybridized carbons (Fsp3) is 0.833. The lowest BCUT2D eigenvalue weighted by Gasteiger charge is -2.09. The smallest absolute Gasteiger partial charge is 0.143 e. The number of rotatable bonds is 2. The number of thioether (sulfide) groups is 1. The second-order valence-corrected chi connectivity index (χ2v) is 3.37. The highest BCUT2D eigenvalue weighted by Crippen LogP contribution is 2.11. The van der Waals surface area contributed by atoms with Gasteiger partial charge in [0.05, 0.1) is 6.54 Å². The van der Waals surface area contributed by atoms with Crippen LogP contribution in [0.15, 0.2) is 0 Å². The zero-order chi connectivity index (χ0) is 6.69. The van der Waals surface area contributed by atoms with Gasteiger partial charge in [0.15, 0.2) is 0 Å². The topological polar surface area (TPSA) is 20.3 Å². The minimum absolute atomic E-state index is 0.275. The van der Waals surface area contributed by atoms with E-state index in [0.29, 0.717) is 6.54 Å². The summed E-state index contributed by atoms with van der Waals surface area (Å²) in [5, 5.41) is 0. The maximum Gasteiger partial charge on any atom is 0.143 e. The first-order valence-electron chi connectivity index (χ1n) is 3.08. The Hall–Kier alpha value is -0.0200. The van der Waals surface area contributed by atoms with Crippen LogP contribution in [0.4, 0.5) is 0 Å². The van der Waals surface area contributed by atoms with Crippen molar-refractivity contribution >= 4 is 17.5 Å². The summed E-state index contributed by atoms with van der Waals surface area (Å²) < 4.78 is 0. The molecular weight excluding hydrogens is 134 g/mol. The molecular formula is C6H11NOS. The highest BCUT2D eigenvalue weighted by Gasteiger charge is 2.12. The van der Waals surface area contributed by atoms with Crippen LogP contribution in [0.25, 0.3) is 0 Å². The van der Waals surface area contributed by atoms with E-state index in [2.05, 4.69) is 4.90 Å². The van der Waals surface area contributed by atoms with Crippen molar-refractivity contribution < 1.29 is 4.79 Å². The lowest BCUT2D eigenvalue weighted by molar-refractivity contribution is -0.117. The Bertz CT molecular complexity index is 110. The maximum absolute atomic E-state index is 10.5. The van der Waals surface area contributed by atoms with Gasteiger partial charge in [-0.2, -0.15) is 0 Å². The third-order valence-corrected chi connectivity index (χ3v) is 2.29. The van der Waals surface area contributed by atoms with Crippen molar-refractivity contribution in [3.8, 4) is 0 Å². The van der Waals surface area contributed by atoms with Crippen LogP contribution < -0.4 is 0 Å². The summed E-state index contributed by atoms with van der Waals surface area (Å²) in [5.41, 5.74) is 0. The standard InChI is InChI=1S/C6H11NOS/c1-6(8)4-7-2-3-9-5-7/h2-5H2,1H3. The quantitative estimate of drug-likeness (QED) is 0.567. The lowest BCUT2D eigenvalue weighted by Crippen LogP contribution is -2.25. The van der Waals surface area contributed by atoms with Gasteiger partial charge in [-0.1, -0.05) is 0 Å². The summed E-state index contributed by atoms with van der Waals surface area (Å²) in [5.74, 6) is 2.50. The maximum atomic E-state index is 10.5. The molecule has 52 valence electrons. The molecule has 3 heteroatoms. The molecule has 9 heavy (non-hydrogen) atoms. The van der Waals surface area contributed by atoms with Crippen molar-refractivity contribution in [1.29, 1.82) is 0 Å². The van der Waals surface area contributed by atoms with Crippen LogP contribution >= 0.6 is 11.8 Å². The van der Waals surface area contributed by atoms with Crippen molar-refractivity contribution in [2.75, 3.05) is 24.7 Å². The average Bonchev–Trinajstić information content (AvgIpc) is 2.15. The van der Waals surface area contributed by atoms with Crippen molar-refractivity contribution in [2.24, 2.45) is 0 Å². The molecule has 0 unspecified atom stereocenters. The van der Waals surface area contributed by atoms with E-state index in [9.17, 15) is 4.79 Å². The predicted octanol–water partition coefficient (Wildman–Crippen LogP) is 0.582. The molecule has 0 N–H and O–H groups in total. The molecule has 0 aromatic carbocycles. The van der Waals surface area contributed by atoms with Crippen LogP contribution in [-0.2, 0) is 4.79 Å². The Balaban J connectivity index is 2.19. The average molecular weight is 145 g/mol. The summed E-state index contributed by atoms with van der Waals surface area (Å²) in [6.45, 7) is 3.38. The summed E-state index contributed by atoms with van der Waals surface area (Å²) in [4.78, 5) is 12.7. The van der Waals surface area contributed by atoms with Gasteiger partial charge in [-0.05, 0) is 6.92 Å². The van der Waals surface area contributed by atoms with E-state index < -0.39 is 0 Å². The SMILES string of the molecule is CC(=O)CN1CCSC1. The Morgan fingerprint density at radius 2 is 2.56 bits per heavy atom. The monoisotopic (exact) mass is 145 g/mol. The predicted molar refractivity (Wildman–Crippen MR) is 39.6 cm³/mol. The van der Waals surface area contributed by atoms with Gasteiger partial charge in [0.25, 0.3) is 0 Å². The molecule has 1 heterocycles. The van der Waals surface area contributed by atoms with E-state index in [1.807, 2.05) is 11.8 Å². The van der Waals surface area contributed by atoms with Gasteiger partial charge in [-0.15, -0.1) is 11.8 Å². The molecule has 0 amide bonds. The Morgan fingerprint density at radius 3 is 3.00 bits per heavy atom. The van der Waals surface area contributed by atoms with Crippen LogP contribution in [0.5, 0.6) is 0 Å². The van der Waals surface area contributed by atoms with Gasteiger partial charge in [-0.25, -0.2) is 0 Å². The van der Waals surface area contributed by atoms with Gasteiger partial charge < -0.3 is 0 Å². The minimum Gasteiger partial charge on any atom is -0.299 e. The number of Topliss-reactive ketones (excluding diaryl/α,β-unsaturated/α-hetero) is 1. The first-order valence-corrected chi connectivity index (χ1v) is 4.24. The molecule has 0 aliphatic carbocycles. The molecule has 0 aromatic heterocycles. The number of carbonyl (C=O) groups is 1. The third kappa shape index (κ3) is 2.37. The van der Waals surface area contributed by atoms with Crippen molar-refractivity contribution in [2.45, 2.75) is 6.92 Å². The van der Waals surface area contributed by atoms with Crippen molar-refractivity contribution in [3.05, 3.63) is 0 Å². The Labute approximate surface area is 59.6 Å². The molecule has 1 aliphatic rings. The number of hydrogen-bond donors (Lipinski definition) is 0. The highest BCUT2D eigenvalue weighted by molar-refractivity contribution is 7.99. The number of ketones is 1. The summed E-state index contributed by atoms with van der Waals surface area (Å²) >= 11 is 1.90. The first kappa shape index (κ1) is 7.09. The van der Waals surface area contributed by atoms with Gasteiger partial charge in [-0.3, -0.25) is 9.69 Å². The fourth-order valence-electron chi connectivity index (χ4n) is 0.891. The number of hydrogen-bond acceptors (Lipinski definition) is 3. The lowest BCUT2D eigenvalue weighted by atomic mass is 10.4. The molecule has 0 radical (unpaired) electrons. The van der Waals surface area contributed by atoms with Crippen LogP contribution in [0, 0.1) is 0 Å². The molecule has 0 aromatic rings. The van der Waals surface area contributed by atoms with Crippen LogP contribution in [0.1, 0.15) is 6.92 Å². The van der Waals surface area contributed by atoms with Gasteiger partial charge in [0, 0.05) is 18.2 Å². The van der Waals surface area contributed by atoms with E-state index in [1.165, 1.54) is 5.75 Å². The second-order valence-electron chi connectivity index (χ2n) is 2.29. The van der Waals surface area contributed by atoms with E-state index in [-0.39, 0.29) is 5.78 Å². The number of carbonyl (C=O) groups excluding carboxylic acids is 1. The first-order chi connectivity index (χ1) is 4.29. The Morgan fingerprint density at radius 1 is 1.78 bits per heavy atom. The zero-order valence-electron chi connectivity index (χ0n) is 5.59. The van der Waals surface area contributed by atoms with Crippen LogP contribution in [0.3, 0.4) is 0 Å². The summed E-state index contributed by atoms with van der Waals surface area (Å²) in [7, 11) is 0. The van der Waals surface area contributed by atoms with Crippen LogP contribution in [0.2, 0.25) is 0 Å². The largest absolute Gasteiger partial charge is 0.299 e. The second kappa shape index (κ2) is 3.22. The molecule has 0 saturated carbocycles.